The van der Waals surface area contributed by atoms with Gasteiger partial charge in [-0.3, -0.25) is 4.79 Å². The normalized spacial score (nSPS) is 19.3. The Morgan fingerprint density at radius 1 is 1.56 bits per heavy atom. The topological polar surface area (TPSA) is 83.0 Å². The van der Waals surface area contributed by atoms with Crippen molar-refractivity contribution in [1.29, 1.82) is 5.26 Å². The average Bonchev–Trinajstić information content (AvgIpc) is 2.38. The molecule has 0 spiro atoms. The number of nitriles is 1. The van der Waals surface area contributed by atoms with Crippen molar-refractivity contribution >= 4 is 11.7 Å². The summed E-state index contributed by atoms with van der Waals surface area (Å²) >= 11 is 0. The number of aromatic nitrogens is 1. The summed E-state index contributed by atoms with van der Waals surface area (Å²) in [7, 11) is 0. The van der Waals surface area contributed by atoms with Gasteiger partial charge < -0.3 is 10.6 Å². The molecule has 0 saturated carbocycles. The first kappa shape index (κ1) is 12.4. The molecule has 18 heavy (non-hydrogen) atoms. The zero-order valence-electron chi connectivity index (χ0n) is 10.4. The van der Waals surface area contributed by atoms with E-state index in [0.29, 0.717) is 11.4 Å². The maximum absolute atomic E-state index is 11.5. The molecule has 2 rings (SSSR count). The van der Waals surface area contributed by atoms with Gasteiger partial charge in [-0.2, -0.15) is 5.26 Å². The highest BCUT2D eigenvalue weighted by Gasteiger charge is 2.29. The van der Waals surface area contributed by atoms with Crippen LogP contribution in [0.4, 0.5) is 5.82 Å². The Kier molecular flexibility index (Phi) is 3.47. The van der Waals surface area contributed by atoms with E-state index in [9.17, 15) is 4.79 Å². The van der Waals surface area contributed by atoms with Gasteiger partial charge in [-0.15, -0.1) is 0 Å². The van der Waals surface area contributed by atoms with Crippen LogP contribution in [0.25, 0.3) is 0 Å². The Morgan fingerprint density at radius 2 is 2.33 bits per heavy atom. The lowest BCUT2D eigenvalue weighted by molar-refractivity contribution is -0.119. The number of hydrogen-bond donors (Lipinski definition) is 1. The number of rotatable bonds is 2. The van der Waals surface area contributed by atoms with Crippen molar-refractivity contribution in [3.63, 3.8) is 0 Å². The molecule has 1 unspecified atom stereocenters. The fourth-order valence-electron chi connectivity index (χ4n) is 2.33. The zero-order valence-corrected chi connectivity index (χ0v) is 10.4. The van der Waals surface area contributed by atoms with Gasteiger partial charge in [-0.05, 0) is 38.3 Å². The van der Waals surface area contributed by atoms with Crippen LogP contribution in [0.1, 0.15) is 30.5 Å². The van der Waals surface area contributed by atoms with Gasteiger partial charge in [0.1, 0.15) is 17.9 Å². The highest BCUT2D eigenvalue weighted by Crippen LogP contribution is 2.26. The minimum atomic E-state index is -0.347. The molecule has 1 amide bonds. The van der Waals surface area contributed by atoms with Gasteiger partial charge >= 0.3 is 0 Å². The predicted octanol–water partition coefficient (Wildman–Crippen LogP) is 1.11. The predicted molar refractivity (Wildman–Crippen MR) is 67.9 cm³/mol. The van der Waals surface area contributed by atoms with Crippen molar-refractivity contribution in [3.05, 3.63) is 23.4 Å². The molecule has 0 aliphatic carbocycles. The van der Waals surface area contributed by atoms with E-state index >= 15 is 0 Å². The number of pyridine rings is 1. The van der Waals surface area contributed by atoms with E-state index in [-0.39, 0.29) is 11.9 Å². The standard InChI is InChI=1S/C13H16N4O/c1-9-5-6-10(8-14)13(16-9)17-7-3-2-4-11(17)12(15)18/h5-6,11H,2-4,7H2,1H3,(H2,15,18). The summed E-state index contributed by atoms with van der Waals surface area (Å²) < 4.78 is 0. The molecule has 1 aromatic heterocycles. The molecule has 0 bridgehead atoms. The number of amides is 1. The first-order chi connectivity index (χ1) is 8.63. The quantitative estimate of drug-likeness (QED) is 0.844. The summed E-state index contributed by atoms with van der Waals surface area (Å²) in [4.78, 5) is 17.8. The lowest BCUT2D eigenvalue weighted by atomic mass is 10.0. The van der Waals surface area contributed by atoms with Crippen molar-refractivity contribution in [2.45, 2.75) is 32.2 Å². The molecule has 1 atom stereocenters. The Hall–Kier alpha value is -2.09. The van der Waals surface area contributed by atoms with Gasteiger partial charge in [0.05, 0.1) is 5.56 Å². The second-order valence-electron chi connectivity index (χ2n) is 4.54. The largest absolute Gasteiger partial charge is 0.368 e. The molecule has 2 N–H and O–H groups in total. The number of anilines is 1. The number of nitrogens with two attached hydrogens (primary N) is 1. The van der Waals surface area contributed by atoms with Gasteiger partial charge in [0.25, 0.3) is 0 Å². The fraction of sp³-hybridized carbons (Fsp3) is 0.462. The SMILES string of the molecule is Cc1ccc(C#N)c(N2CCCCC2C(N)=O)n1. The summed E-state index contributed by atoms with van der Waals surface area (Å²) in [5.41, 5.74) is 6.76. The van der Waals surface area contributed by atoms with Gasteiger partial charge in [0.2, 0.25) is 5.91 Å². The van der Waals surface area contributed by atoms with Crippen molar-refractivity contribution in [2.24, 2.45) is 5.73 Å². The molecule has 94 valence electrons. The summed E-state index contributed by atoms with van der Waals surface area (Å²) in [6, 6.07) is 5.31. The summed E-state index contributed by atoms with van der Waals surface area (Å²) in [5, 5.41) is 9.13. The van der Waals surface area contributed by atoms with Crippen molar-refractivity contribution in [2.75, 3.05) is 11.4 Å². The van der Waals surface area contributed by atoms with E-state index < -0.39 is 0 Å². The van der Waals surface area contributed by atoms with Crippen molar-refractivity contribution in [3.8, 4) is 6.07 Å². The minimum absolute atomic E-state index is 0.345. The molecule has 1 aliphatic heterocycles. The summed E-state index contributed by atoms with van der Waals surface area (Å²) in [6.07, 6.45) is 2.71. The number of carbonyl (C=O) groups excluding carboxylic acids is 1. The Morgan fingerprint density at radius 3 is 3.00 bits per heavy atom. The molecule has 5 nitrogen and oxygen atoms in total. The summed E-state index contributed by atoms with van der Waals surface area (Å²) in [6.45, 7) is 2.59. The Labute approximate surface area is 106 Å². The van der Waals surface area contributed by atoms with E-state index in [4.69, 9.17) is 11.0 Å². The van der Waals surface area contributed by atoms with Crippen LogP contribution in [0, 0.1) is 18.3 Å². The summed E-state index contributed by atoms with van der Waals surface area (Å²) in [5.74, 6) is 0.239. The van der Waals surface area contributed by atoms with Crippen LogP contribution >= 0.6 is 0 Å². The maximum Gasteiger partial charge on any atom is 0.240 e. The molecule has 1 fully saturated rings. The molecular weight excluding hydrogens is 228 g/mol. The van der Waals surface area contributed by atoms with Crippen LogP contribution in [-0.2, 0) is 4.79 Å². The smallest absolute Gasteiger partial charge is 0.240 e. The highest BCUT2D eigenvalue weighted by atomic mass is 16.1. The molecular formula is C13H16N4O. The molecule has 1 aliphatic rings. The number of piperidine rings is 1. The molecule has 0 radical (unpaired) electrons. The van der Waals surface area contributed by atoms with Crippen molar-refractivity contribution in [1.82, 2.24) is 4.98 Å². The van der Waals surface area contributed by atoms with Crippen molar-refractivity contribution < 1.29 is 4.79 Å². The third kappa shape index (κ3) is 2.28. The lowest BCUT2D eigenvalue weighted by Crippen LogP contribution is -2.48. The number of primary amides is 1. The molecule has 0 aromatic carbocycles. The average molecular weight is 244 g/mol. The Balaban J connectivity index is 2.42. The van der Waals surface area contributed by atoms with Crippen LogP contribution in [0.2, 0.25) is 0 Å². The first-order valence-corrected chi connectivity index (χ1v) is 6.07. The molecule has 2 heterocycles. The van der Waals surface area contributed by atoms with Crippen LogP contribution in [0.5, 0.6) is 0 Å². The van der Waals surface area contributed by atoms with Crippen LogP contribution in [0.3, 0.4) is 0 Å². The van der Waals surface area contributed by atoms with Crippen LogP contribution in [-0.4, -0.2) is 23.5 Å². The van der Waals surface area contributed by atoms with E-state index in [1.165, 1.54) is 0 Å². The second-order valence-corrected chi connectivity index (χ2v) is 4.54. The number of carbonyl (C=O) groups is 1. The van der Waals surface area contributed by atoms with Crippen LogP contribution in [0.15, 0.2) is 12.1 Å². The van der Waals surface area contributed by atoms with Crippen LogP contribution < -0.4 is 10.6 Å². The molecule has 1 aromatic rings. The second kappa shape index (κ2) is 5.05. The number of nitrogens with zero attached hydrogens (tertiary/aromatic N) is 3. The number of aryl methyl sites for hydroxylation is 1. The first-order valence-electron chi connectivity index (χ1n) is 6.07. The van der Waals surface area contributed by atoms with Gasteiger partial charge in [-0.1, -0.05) is 0 Å². The fourth-order valence-corrected chi connectivity index (χ4v) is 2.33. The van der Waals surface area contributed by atoms with E-state index in [1.807, 2.05) is 11.8 Å². The highest BCUT2D eigenvalue weighted by molar-refractivity contribution is 5.84. The lowest BCUT2D eigenvalue weighted by Gasteiger charge is -2.35. The molecule has 5 heteroatoms. The third-order valence-corrected chi connectivity index (χ3v) is 3.24. The van der Waals surface area contributed by atoms with Gasteiger partial charge in [0.15, 0.2) is 0 Å². The number of hydrogen-bond acceptors (Lipinski definition) is 4. The maximum atomic E-state index is 11.5. The monoisotopic (exact) mass is 244 g/mol. The van der Waals surface area contributed by atoms with E-state index in [0.717, 1.165) is 31.5 Å². The molecule has 1 saturated heterocycles. The minimum Gasteiger partial charge on any atom is -0.368 e. The van der Waals surface area contributed by atoms with Gasteiger partial charge in [-0.25, -0.2) is 4.98 Å². The zero-order chi connectivity index (χ0) is 13.1. The van der Waals surface area contributed by atoms with E-state index in [1.54, 1.807) is 12.1 Å². The third-order valence-electron chi connectivity index (χ3n) is 3.24. The Bertz CT molecular complexity index is 506. The van der Waals surface area contributed by atoms with E-state index in [2.05, 4.69) is 11.1 Å². The van der Waals surface area contributed by atoms with Gasteiger partial charge in [0, 0.05) is 12.2 Å².